The van der Waals surface area contributed by atoms with Crippen LogP contribution in [0, 0.1) is 23.1 Å². The molecule has 1 aliphatic rings. The van der Waals surface area contributed by atoms with Crippen molar-refractivity contribution in [1.82, 2.24) is 4.90 Å². The largest absolute Gasteiger partial charge is 0.481 e. The lowest BCUT2D eigenvalue weighted by molar-refractivity contribution is -0.138. The average molecular weight is 276 g/mol. The molecule has 0 atom stereocenters. The Hall–Kier alpha value is -1.93. The summed E-state index contributed by atoms with van der Waals surface area (Å²) in [5.74, 6) is -0.969. The molecule has 106 valence electrons. The molecule has 1 N–H and O–H groups in total. The zero-order valence-corrected chi connectivity index (χ0v) is 11.2. The van der Waals surface area contributed by atoms with Gasteiger partial charge in [-0.15, -0.1) is 0 Å². The van der Waals surface area contributed by atoms with E-state index in [0.29, 0.717) is 6.54 Å². The molecule has 4 nitrogen and oxygen atoms in total. The molecule has 1 aliphatic heterocycles. The van der Waals surface area contributed by atoms with E-state index in [9.17, 15) is 9.18 Å². The molecule has 0 aliphatic carbocycles. The van der Waals surface area contributed by atoms with E-state index < -0.39 is 11.8 Å². The first kappa shape index (κ1) is 14.5. The number of halogens is 1. The predicted octanol–water partition coefficient (Wildman–Crippen LogP) is 2.38. The number of nitrogens with zero attached hydrogens (tertiary/aromatic N) is 2. The summed E-state index contributed by atoms with van der Waals surface area (Å²) in [4.78, 5) is 12.9. The topological polar surface area (TPSA) is 64.3 Å². The van der Waals surface area contributed by atoms with Gasteiger partial charge >= 0.3 is 5.97 Å². The van der Waals surface area contributed by atoms with Crippen molar-refractivity contribution in [2.45, 2.75) is 25.8 Å². The minimum absolute atomic E-state index is 0.0725. The van der Waals surface area contributed by atoms with Crippen LogP contribution in [0.15, 0.2) is 18.2 Å². The molecule has 20 heavy (non-hydrogen) atoms. The van der Waals surface area contributed by atoms with Crippen molar-refractivity contribution in [2.24, 2.45) is 5.92 Å². The van der Waals surface area contributed by atoms with Crippen LogP contribution in [0.1, 0.15) is 30.4 Å². The number of benzene rings is 1. The van der Waals surface area contributed by atoms with Crippen LogP contribution in [-0.4, -0.2) is 29.1 Å². The molecule has 0 saturated carbocycles. The number of hydrogen-bond donors (Lipinski definition) is 1. The van der Waals surface area contributed by atoms with E-state index in [1.807, 2.05) is 6.07 Å². The number of likely N-dealkylation sites (tertiary alicyclic amines) is 1. The van der Waals surface area contributed by atoms with Gasteiger partial charge in [-0.05, 0) is 49.5 Å². The van der Waals surface area contributed by atoms with Gasteiger partial charge in [-0.1, -0.05) is 6.07 Å². The van der Waals surface area contributed by atoms with Crippen molar-refractivity contribution in [3.05, 3.63) is 35.1 Å². The summed E-state index contributed by atoms with van der Waals surface area (Å²) < 4.78 is 13.2. The first-order valence-corrected chi connectivity index (χ1v) is 6.71. The highest BCUT2D eigenvalue weighted by atomic mass is 19.1. The number of hydrogen-bond acceptors (Lipinski definition) is 3. The van der Waals surface area contributed by atoms with Gasteiger partial charge in [-0.25, -0.2) is 4.39 Å². The molecule has 1 saturated heterocycles. The highest BCUT2D eigenvalue weighted by Gasteiger charge is 2.21. The summed E-state index contributed by atoms with van der Waals surface area (Å²) in [7, 11) is 0. The van der Waals surface area contributed by atoms with Crippen LogP contribution in [0.5, 0.6) is 0 Å². The second-order valence-corrected chi connectivity index (χ2v) is 5.24. The Morgan fingerprint density at radius 2 is 2.15 bits per heavy atom. The van der Waals surface area contributed by atoms with Crippen LogP contribution in [0.3, 0.4) is 0 Å². The lowest BCUT2D eigenvalue weighted by atomic mass is 9.93. The Morgan fingerprint density at radius 1 is 1.45 bits per heavy atom. The molecule has 1 fully saturated rings. The zero-order chi connectivity index (χ0) is 14.5. The Bertz CT molecular complexity index is 531. The quantitative estimate of drug-likeness (QED) is 0.917. The van der Waals surface area contributed by atoms with Gasteiger partial charge in [0, 0.05) is 13.0 Å². The smallest absolute Gasteiger partial charge is 0.303 e. The van der Waals surface area contributed by atoms with Gasteiger partial charge in [-0.2, -0.15) is 5.26 Å². The molecule has 0 bridgehead atoms. The summed E-state index contributed by atoms with van der Waals surface area (Å²) in [6.07, 6.45) is 1.99. The Labute approximate surface area is 117 Å². The summed E-state index contributed by atoms with van der Waals surface area (Å²) in [6.45, 7) is 2.36. The fourth-order valence-corrected chi connectivity index (χ4v) is 2.61. The third-order valence-corrected chi connectivity index (χ3v) is 3.73. The Morgan fingerprint density at radius 3 is 2.75 bits per heavy atom. The minimum atomic E-state index is -0.736. The Kier molecular flexibility index (Phi) is 4.70. The highest BCUT2D eigenvalue weighted by molar-refractivity contribution is 5.67. The first-order valence-electron chi connectivity index (χ1n) is 6.71. The lowest BCUT2D eigenvalue weighted by Crippen LogP contribution is -2.33. The fourth-order valence-electron chi connectivity index (χ4n) is 2.61. The van der Waals surface area contributed by atoms with Crippen molar-refractivity contribution in [3.63, 3.8) is 0 Å². The van der Waals surface area contributed by atoms with Gasteiger partial charge in [0.2, 0.25) is 0 Å². The number of rotatable bonds is 4. The number of piperidine rings is 1. The molecule has 5 heteroatoms. The maximum absolute atomic E-state index is 13.2. The minimum Gasteiger partial charge on any atom is -0.481 e. The standard InChI is InChI=1S/C15H17FN2O2/c16-14-2-1-12(7-13(14)9-17)10-18-5-3-11(4-6-18)8-15(19)20/h1-2,7,11H,3-6,8,10H2,(H,19,20). The van der Waals surface area contributed by atoms with E-state index in [2.05, 4.69) is 4.90 Å². The second-order valence-electron chi connectivity index (χ2n) is 5.24. The van der Waals surface area contributed by atoms with Gasteiger partial charge in [0.15, 0.2) is 0 Å². The van der Waals surface area contributed by atoms with Crippen LogP contribution in [0.25, 0.3) is 0 Å². The van der Waals surface area contributed by atoms with Crippen LogP contribution in [0.4, 0.5) is 4.39 Å². The van der Waals surface area contributed by atoms with Gasteiger partial charge in [-0.3, -0.25) is 9.69 Å². The first-order chi connectivity index (χ1) is 9.58. The van der Waals surface area contributed by atoms with Gasteiger partial charge in [0.25, 0.3) is 0 Å². The van der Waals surface area contributed by atoms with Gasteiger partial charge < -0.3 is 5.11 Å². The zero-order valence-electron chi connectivity index (χ0n) is 11.2. The Balaban J connectivity index is 1.90. The molecule has 0 amide bonds. The van der Waals surface area contributed by atoms with E-state index in [-0.39, 0.29) is 17.9 Å². The summed E-state index contributed by atoms with van der Waals surface area (Å²) in [5, 5.41) is 17.6. The van der Waals surface area contributed by atoms with E-state index in [0.717, 1.165) is 31.5 Å². The number of carboxylic acids is 1. The molecule has 2 rings (SSSR count). The van der Waals surface area contributed by atoms with Crippen LogP contribution >= 0.6 is 0 Å². The fraction of sp³-hybridized carbons (Fsp3) is 0.467. The third kappa shape index (κ3) is 3.78. The van der Waals surface area contributed by atoms with Gasteiger partial charge in [0.05, 0.1) is 5.56 Å². The van der Waals surface area contributed by atoms with Crippen LogP contribution in [0.2, 0.25) is 0 Å². The lowest BCUT2D eigenvalue weighted by Gasteiger charge is -2.31. The van der Waals surface area contributed by atoms with Crippen molar-refractivity contribution in [1.29, 1.82) is 5.26 Å². The number of nitriles is 1. The molecule has 0 spiro atoms. The maximum atomic E-state index is 13.2. The number of aliphatic carboxylic acids is 1. The van der Waals surface area contributed by atoms with Crippen molar-refractivity contribution in [3.8, 4) is 6.07 Å². The molecular weight excluding hydrogens is 259 g/mol. The number of carbonyl (C=O) groups is 1. The highest BCUT2D eigenvalue weighted by Crippen LogP contribution is 2.22. The van der Waals surface area contributed by atoms with Crippen molar-refractivity contribution >= 4 is 5.97 Å². The third-order valence-electron chi connectivity index (χ3n) is 3.73. The molecule has 0 unspecified atom stereocenters. The van der Waals surface area contributed by atoms with Gasteiger partial charge in [0.1, 0.15) is 11.9 Å². The average Bonchev–Trinajstić information content (AvgIpc) is 2.42. The van der Waals surface area contributed by atoms with E-state index >= 15 is 0 Å². The predicted molar refractivity (Wildman–Crippen MR) is 71.4 cm³/mol. The molecule has 1 aromatic rings. The normalized spacial score (nSPS) is 16.8. The summed E-state index contributed by atoms with van der Waals surface area (Å²) >= 11 is 0. The molecule has 1 aromatic carbocycles. The number of carboxylic acid groups (broad SMARTS) is 1. The molecule has 1 heterocycles. The SMILES string of the molecule is N#Cc1cc(CN2CCC(CC(=O)O)CC2)ccc1F. The summed E-state index contributed by atoms with van der Waals surface area (Å²) in [6, 6.07) is 6.44. The molecule has 0 radical (unpaired) electrons. The second kappa shape index (κ2) is 6.49. The molecular formula is C15H17FN2O2. The van der Waals surface area contributed by atoms with E-state index in [1.165, 1.54) is 6.07 Å². The van der Waals surface area contributed by atoms with Crippen molar-refractivity contribution in [2.75, 3.05) is 13.1 Å². The van der Waals surface area contributed by atoms with Crippen LogP contribution < -0.4 is 0 Å². The summed E-state index contributed by atoms with van der Waals surface area (Å²) in [5.41, 5.74) is 0.989. The molecule has 0 aromatic heterocycles. The van der Waals surface area contributed by atoms with Crippen molar-refractivity contribution < 1.29 is 14.3 Å². The maximum Gasteiger partial charge on any atom is 0.303 e. The monoisotopic (exact) mass is 276 g/mol. The van der Waals surface area contributed by atoms with E-state index in [1.54, 1.807) is 12.1 Å². The van der Waals surface area contributed by atoms with Crippen LogP contribution in [-0.2, 0) is 11.3 Å². The van der Waals surface area contributed by atoms with E-state index in [4.69, 9.17) is 10.4 Å².